The molecule has 0 aliphatic heterocycles. The fourth-order valence-corrected chi connectivity index (χ4v) is 4.55. The molecule has 5 nitrogen and oxygen atoms in total. The standard InChI is InChI=1S/C18H28N2O3S/c1-13-10-14(2)18(15(3)11-13)20(24(4,22)23)12-17(21)19-16-8-6-5-7-9-16/h10-11,16H,5-9,12H2,1-4H3,(H,19,21). The van der Waals surface area contributed by atoms with E-state index in [1.165, 1.54) is 10.7 Å². The molecule has 2 rings (SSSR count). The lowest BCUT2D eigenvalue weighted by Crippen LogP contribution is -2.45. The zero-order chi connectivity index (χ0) is 17.9. The molecule has 0 saturated heterocycles. The zero-order valence-corrected chi connectivity index (χ0v) is 15.9. The number of amides is 1. The van der Waals surface area contributed by atoms with Crippen LogP contribution in [0.1, 0.15) is 48.8 Å². The second kappa shape index (κ2) is 7.55. The van der Waals surface area contributed by atoms with Gasteiger partial charge in [-0.05, 0) is 44.7 Å². The van der Waals surface area contributed by atoms with Crippen LogP contribution in [0, 0.1) is 20.8 Å². The molecule has 134 valence electrons. The average Bonchev–Trinajstić information content (AvgIpc) is 2.45. The molecule has 0 unspecified atom stereocenters. The zero-order valence-electron chi connectivity index (χ0n) is 15.1. The van der Waals surface area contributed by atoms with E-state index in [1.807, 2.05) is 32.9 Å². The van der Waals surface area contributed by atoms with E-state index < -0.39 is 10.0 Å². The molecule has 0 aromatic heterocycles. The minimum atomic E-state index is -3.54. The first-order valence-electron chi connectivity index (χ1n) is 8.53. The molecule has 0 spiro atoms. The van der Waals surface area contributed by atoms with Gasteiger partial charge in [0.1, 0.15) is 6.54 Å². The van der Waals surface area contributed by atoms with E-state index >= 15 is 0 Å². The molecule has 1 aromatic rings. The molecule has 0 atom stereocenters. The first-order valence-corrected chi connectivity index (χ1v) is 10.4. The van der Waals surface area contributed by atoms with E-state index in [-0.39, 0.29) is 18.5 Å². The summed E-state index contributed by atoms with van der Waals surface area (Å²) >= 11 is 0. The highest BCUT2D eigenvalue weighted by molar-refractivity contribution is 7.92. The van der Waals surface area contributed by atoms with Crippen LogP contribution in [0.4, 0.5) is 5.69 Å². The lowest BCUT2D eigenvalue weighted by atomic mass is 9.95. The van der Waals surface area contributed by atoms with E-state index in [4.69, 9.17) is 0 Å². The largest absolute Gasteiger partial charge is 0.352 e. The number of carbonyl (C=O) groups excluding carboxylic acids is 1. The molecular formula is C18H28N2O3S. The fraction of sp³-hybridized carbons (Fsp3) is 0.611. The van der Waals surface area contributed by atoms with Crippen LogP contribution in [0.25, 0.3) is 0 Å². The van der Waals surface area contributed by atoms with Crippen molar-refractivity contribution in [3.05, 3.63) is 28.8 Å². The van der Waals surface area contributed by atoms with Crippen LogP contribution in [0.3, 0.4) is 0 Å². The van der Waals surface area contributed by atoms with Crippen LogP contribution in [0.2, 0.25) is 0 Å². The van der Waals surface area contributed by atoms with Crippen molar-refractivity contribution in [2.75, 3.05) is 17.1 Å². The predicted molar refractivity (Wildman–Crippen MR) is 97.9 cm³/mol. The van der Waals surface area contributed by atoms with Crippen molar-refractivity contribution in [3.63, 3.8) is 0 Å². The number of nitrogens with one attached hydrogen (secondary N) is 1. The maximum absolute atomic E-state index is 12.4. The van der Waals surface area contributed by atoms with Crippen molar-refractivity contribution in [2.24, 2.45) is 0 Å². The maximum atomic E-state index is 12.4. The summed E-state index contributed by atoms with van der Waals surface area (Å²) in [5.41, 5.74) is 3.42. The van der Waals surface area contributed by atoms with E-state index in [2.05, 4.69) is 5.32 Å². The van der Waals surface area contributed by atoms with Crippen LogP contribution < -0.4 is 9.62 Å². The van der Waals surface area contributed by atoms with Gasteiger partial charge in [-0.1, -0.05) is 37.0 Å². The van der Waals surface area contributed by atoms with Gasteiger partial charge in [0, 0.05) is 6.04 Å². The lowest BCUT2D eigenvalue weighted by Gasteiger charge is -2.28. The van der Waals surface area contributed by atoms with Gasteiger partial charge in [0.15, 0.2) is 0 Å². The van der Waals surface area contributed by atoms with Gasteiger partial charge in [0.05, 0.1) is 11.9 Å². The van der Waals surface area contributed by atoms with Crippen molar-refractivity contribution in [1.29, 1.82) is 0 Å². The summed E-state index contributed by atoms with van der Waals surface area (Å²) in [5, 5.41) is 3.00. The van der Waals surface area contributed by atoms with Gasteiger partial charge in [0.2, 0.25) is 15.9 Å². The van der Waals surface area contributed by atoms with E-state index in [0.29, 0.717) is 5.69 Å². The van der Waals surface area contributed by atoms with E-state index in [1.54, 1.807) is 0 Å². The molecular weight excluding hydrogens is 324 g/mol. The fourth-order valence-electron chi connectivity index (χ4n) is 3.58. The number of hydrogen-bond acceptors (Lipinski definition) is 3. The highest BCUT2D eigenvalue weighted by atomic mass is 32.2. The first-order chi connectivity index (χ1) is 11.2. The molecule has 1 aliphatic rings. The van der Waals surface area contributed by atoms with Crippen LogP contribution in [0.15, 0.2) is 12.1 Å². The summed E-state index contributed by atoms with van der Waals surface area (Å²) in [6, 6.07) is 4.06. The quantitative estimate of drug-likeness (QED) is 0.886. The van der Waals surface area contributed by atoms with E-state index in [0.717, 1.165) is 48.6 Å². The summed E-state index contributed by atoms with van der Waals surface area (Å²) in [6.45, 7) is 5.57. The molecule has 1 aromatic carbocycles. The Morgan fingerprint density at radius 3 is 2.17 bits per heavy atom. The highest BCUT2D eigenvalue weighted by Crippen LogP contribution is 2.28. The minimum Gasteiger partial charge on any atom is -0.352 e. The van der Waals surface area contributed by atoms with Gasteiger partial charge in [-0.15, -0.1) is 0 Å². The van der Waals surface area contributed by atoms with Crippen LogP contribution in [-0.4, -0.2) is 33.2 Å². The van der Waals surface area contributed by atoms with Crippen molar-refractivity contribution in [1.82, 2.24) is 5.32 Å². The van der Waals surface area contributed by atoms with Crippen LogP contribution >= 0.6 is 0 Å². The third-order valence-corrected chi connectivity index (χ3v) is 5.65. The third kappa shape index (κ3) is 4.72. The summed E-state index contributed by atoms with van der Waals surface area (Å²) < 4.78 is 25.8. The summed E-state index contributed by atoms with van der Waals surface area (Å²) in [7, 11) is -3.54. The first kappa shape index (κ1) is 18.8. The van der Waals surface area contributed by atoms with E-state index in [9.17, 15) is 13.2 Å². The molecule has 1 saturated carbocycles. The van der Waals surface area contributed by atoms with Crippen molar-refractivity contribution in [2.45, 2.75) is 58.9 Å². The number of anilines is 1. The Hall–Kier alpha value is -1.56. The summed E-state index contributed by atoms with van der Waals surface area (Å²) in [5.74, 6) is -0.230. The molecule has 1 fully saturated rings. The van der Waals surface area contributed by atoms with Crippen LogP contribution in [0.5, 0.6) is 0 Å². The van der Waals surface area contributed by atoms with Gasteiger partial charge in [0.25, 0.3) is 0 Å². The highest BCUT2D eigenvalue weighted by Gasteiger charge is 2.25. The number of hydrogen-bond donors (Lipinski definition) is 1. The molecule has 1 N–H and O–H groups in total. The second-order valence-electron chi connectivity index (χ2n) is 6.92. The maximum Gasteiger partial charge on any atom is 0.240 e. The number of sulfonamides is 1. The molecule has 0 radical (unpaired) electrons. The Labute approximate surface area is 145 Å². The van der Waals surface area contributed by atoms with Gasteiger partial charge in [-0.3, -0.25) is 9.10 Å². The number of nitrogens with zero attached hydrogens (tertiary/aromatic N) is 1. The minimum absolute atomic E-state index is 0.167. The van der Waals surface area contributed by atoms with Gasteiger partial charge >= 0.3 is 0 Å². The topological polar surface area (TPSA) is 66.5 Å². The van der Waals surface area contributed by atoms with Gasteiger partial charge < -0.3 is 5.32 Å². The molecule has 0 bridgehead atoms. The lowest BCUT2D eigenvalue weighted by molar-refractivity contribution is -0.120. The number of benzene rings is 1. The monoisotopic (exact) mass is 352 g/mol. The van der Waals surface area contributed by atoms with Gasteiger partial charge in [-0.25, -0.2) is 8.42 Å². The predicted octanol–water partition coefficient (Wildman–Crippen LogP) is 2.83. The van der Waals surface area contributed by atoms with Crippen molar-refractivity contribution >= 4 is 21.6 Å². The molecule has 6 heteroatoms. The third-order valence-electron chi connectivity index (χ3n) is 4.54. The SMILES string of the molecule is Cc1cc(C)c(N(CC(=O)NC2CCCCC2)S(C)(=O)=O)c(C)c1. The molecule has 1 aliphatic carbocycles. The second-order valence-corrected chi connectivity index (χ2v) is 8.83. The van der Waals surface area contributed by atoms with Crippen LogP contribution in [-0.2, 0) is 14.8 Å². The Bertz CT molecular complexity index is 684. The molecule has 24 heavy (non-hydrogen) atoms. The number of rotatable bonds is 5. The Morgan fingerprint density at radius 1 is 1.12 bits per heavy atom. The molecule has 0 heterocycles. The number of aryl methyl sites for hydroxylation is 3. The Morgan fingerprint density at radius 2 is 1.67 bits per heavy atom. The van der Waals surface area contributed by atoms with Crippen molar-refractivity contribution in [3.8, 4) is 0 Å². The van der Waals surface area contributed by atoms with Crippen molar-refractivity contribution < 1.29 is 13.2 Å². The van der Waals surface area contributed by atoms with Gasteiger partial charge in [-0.2, -0.15) is 0 Å². The smallest absolute Gasteiger partial charge is 0.240 e. The Kier molecular flexibility index (Phi) is 5.91. The summed E-state index contributed by atoms with van der Waals surface area (Å²) in [6.07, 6.45) is 6.57. The Balaban J connectivity index is 2.22. The summed E-state index contributed by atoms with van der Waals surface area (Å²) in [4.78, 5) is 12.4. The molecule has 1 amide bonds. The normalized spacial score (nSPS) is 16.0. The number of carbonyl (C=O) groups is 1. The average molecular weight is 353 g/mol.